The number of thioether (sulfide) groups is 11. The zero-order valence-corrected chi connectivity index (χ0v) is 32.4. The summed E-state index contributed by atoms with van der Waals surface area (Å²) in [4.78, 5) is 31.6. The number of nitrogens with zero attached hydrogens (tertiary/aromatic N) is 2. The molecule has 2 amide bonds. The number of aliphatic imine (C=N–C) groups is 2. The number of nitrogens with one attached hydrogen (secondary N) is 2. The Morgan fingerprint density at radius 3 is 1.56 bits per heavy atom. The molecule has 4 N–H and O–H groups in total. The van der Waals surface area contributed by atoms with Crippen LogP contribution >= 0.6 is 129 Å². The molecule has 0 aliphatic rings. The smallest absolute Gasteiger partial charge is 0.280 e. The third-order valence-corrected chi connectivity index (χ3v) is 17.3. The maximum atomic E-state index is 12.0. The average Bonchev–Trinajstić information content (AvgIpc) is 2.96. The number of aliphatic hydroxyl groups excluding tert-OH is 2. The van der Waals surface area contributed by atoms with Crippen LogP contribution < -0.4 is 10.6 Å². The van der Waals surface area contributed by atoms with Crippen molar-refractivity contribution in [1.82, 2.24) is 10.6 Å². The first-order valence-corrected chi connectivity index (χ1v) is 26.1. The Balaban J connectivity index is 3.44. The number of rotatable bonds is 28. The van der Waals surface area contributed by atoms with Crippen molar-refractivity contribution in [3.05, 3.63) is 0 Å². The van der Waals surface area contributed by atoms with Gasteiger partial charge in [0.2, 0.25) is 0 Å². The highest BCUT2D eigenvalue weighted by molar-refractivity contribution is 8.30. The Morgan fingerprint density at radius 2 is 1.02 bits per heavy atom. The maximum Gasteiger partial charge on any atom is 0.280 e. The predicted octanol–water partition coefficient (Wildman–Crippen LogP) is 5.41. The van der Waals surface area contributed by atoms with Crippen LogP contribution in [0.5, 0.6) is 0 Å². The maximum absolute atomic E-state index is 12.0. The van der Waals surface area contributed by atoms with E-state index in [-0.39, 0.29) is 22.4 Å². The third-order valence-electron chi connectivity index (χ3n) is 3.15. The van der Waals surface area contributed by atoms with Gasteiger partial charge in [-0.2, -0.15) is 0 Å². The molecular weight excluding hydrogens is 785 g/mol. The number of aliphatic hydroxyl groups is 2. The molecule has 0 aromatic carbocycles. The standard InChI is InChI=1S/C18H34N4O6S13/c23-7-33-13-38-17(25)21-3-31-10-30-2-20-6-41(28)16-37-12-35-11-36-14-39-18(26)22-4-32-9-29-1-19-5-40(27)15-34-8-24/h5-6,23-24H,1-4,7-16H2,(H,21,25)(H,22,26). The van der Waals surface area contributed by atoms with E-state index in [1.165, 1.54) is 46.4 Å². The quantitative estimate of drug-likeness (QED) is 0.0343. The van der Waals surface area contributed by atoms with Gasteiger partial charge >= 0.3 is 0 Å². The fraction of sp³-hybridized carbons (Fsp3) is 0.778. The first kappa shape index (κ1) is 43.4. The van der Waals surface area contributed by atoms with E-state index >= 15 is 0 Å². The van der Waals surface area contributed by atoms with Crippen molar-refractivity contribution in [2.45, 2.75) is 0 Å². The summed E-state index contributed by atoms with van der Waals surface area (Å²) in [5.41, 5.74) is 2.90. The largest absolute Gasteiger partial charge is 0.386 e. The van der Waals surface area contributed by atoms with Gasteiger partial charge in [-0.3, -0.25) is 28.0 Å². The van der Waals surface area contributed by atoms with Crippen molar-refractivity contribution < 1.29 is 28.2 Å². The Labute approximate surface area is 294 Å². The van der Waals surface area contributed by atoms with Crippen molar-refractivity contribution in [1.29, 1.82) is 0 Å². The minimum absolute atomic E-state index is 0.0116. The van der Waals surface area contributed by atoms with E-state index in [0.29, 0.717) is 43.8 Å². The van der Waals surface area contributed by atoms with Crippen molar-refractivity contribution >= 4 is 173 Å². The van der Waals surface area contributed by atoms with Gasteiger partial charge in [0.05, 0.1) is 83.3 Å². The Kier molecular flexibility index (Phi) is 37.2. The van der Waals surface area contributed by atoms with Crippen LogP contribution in [-0.2, 0) is 21.6 Å². The lowest BCUT2D eigenvalue weighted by Crippen LogP contribution is -2.17. The van der Waals surface area contributed by atoms with Crippen LogP contribution in [0, 0.1) is 0 Å². The zero-order chi connectivity index (χ0) is 30.2. The highest BCUT2D eigenvalue weighted by Crippen LogP contribution is 2.22. The molecule has 10 nitrogen and oxygen atoms in total. The molecule has 41 heavy (non-hydrogen) atoms. The van der Waals surface area contributed by atoms with Crippen LogP contribution in [0.15, 0.2) is 9.98 Å². The first-order valence-electron chi connectivity index (χ1n) is 11.0. The van der Waals surface area contributed by atoms with Crippen LogP contribution in [-0.4, -0.2) is 116 Å². The number of hydrogen-bond acceptors (Lipinski definition) is 19. The second-order valence-electron chi connectivity index (χ2n) is 6.14. The molecule has 2 atom stereocenters. The fourth-order valence-corrected chi connectivity index (χ4v) is 13.4. The minimum atomic E-state index is -1.15. The van der Waals surface area contributed by atoms with E-state index < -0.39 is 21.6 Å². The second-order valence-corrected chi connectivity index (χ2v) is 22.2. The van der Waals surface area contributed by atoms with Gasteiger partial charge in [0.1, 0.15) is 0 Å². The molecule has 2 unspecified atom stereocenters. The third kappa shape index (κ3) is 35.1. The van der Waals surface area contributed by atoms with Crippen LogP contribution in [0.1, 0.15) is 0 Å². The molecule has 0 saturated carbocycles. The molecular formula is C18H34N4O6S13. The van der Waals surface area contributed by atoms with E-state index in [1.54, 1.807) is 82.3 Å². The molecule has 0 aromatic heterocycles. The Morgan fingerprint density at radius 1 is 0.585 bits per heavy atom. The lowest BCUT2D eigenvalue weighted by Gasteiger charge is -2.04. The lowest BCUT2D eigenvalue weighted by molar-refractivity contribution is 0.261. The summed E-state index contributed by atoms with van der Waals surface area (Å²) in [5, 5.41) is 28.1. The van der Waals surface area contributed by atoms with Crippen LogP contribution in [0.3, 0.4) is 0 Å². The van der Waals surface area contributed by atoms with Gasteiger partial charge in [-0.25, -0.2) is 0 Å². The van der Waals surface area contributed by atoms with Gasteiger partial charge in [0.25, 0.3) is 10.5 Å². The molecule has 0 bridgehead atoms. The topological polar surface area (TPSA) is 158 Å². The molecule has 0 saturated heterocycles. The molecule has 0 aliphatic heterocycles. The Hall–Kier alpha value is 2.35. The number of carbonyl (C=O) groups excluding carboxylic acids is 2. The molecule has 0 heterocycles. The summed E-state index contributed by atoms with van der Waals surface area (Å²) < 4.78 is 23.4. The second kappa shape index (κ2) is 35.2. The van der Waals surface area contributed by atoms with Crippen LogP contribution in [0.2, 0.25) is 0 Å². The SMILES string of the molecule is O=C(NCSCSCN=CS(=O)CSCSCSCSC(=O)NCSCSCN=CS(=O)CSCO)SCSCO. The van der Waals surface area contributed by atoms with E-state index in [0.717, 1.165) is 32.1 Å². The number of hydrogen-bond donors (Lipinski definition) is 4. The summed E-state index contributed by atoms with van der Waals surface area (Å²) >= 11 is 16.2. The average molecular weight is 819 g/mol. The van der Waals surface area contributed by atoms with Crippen LogP contribution in [0.25, 0.3) is 0 Å². The van der Waals surface area contributed by atoms with Gasteiger partial charge in [-0.05, 0) is 0 Å². The lowest BCUT2D eigenvalue weighted by atomic mass is 11.2. The molecule has 0 rings (SSSR count). The predicted molar refractivity (Wildman–Crippen MR) is 206 cm³/mol. The number of carbonyl (C=O) groups is 2. The molecule has 240 valence electrons. The monoisotopic (exact) mass is 818 g/mol. The fourth-order valence-electron chi connectivity index (χ4n) is 1.64. The van der Waals surface area contributed by atoms with E-state index in [4.69, 9.17) is 10.2 Å². The van der Waals surface area contributed by atoms with Gasteiger partial charge in [0, 0.05) is 25.4 Å². The molecule has 0 radical (unpaired) electrons. The van der Waals surface area contributed by atoms with Gasteiger partial charge in [0.15, 0.2) is 0 Å². The van der Waals surface area contributed by atoms with E-state index in [2.05, 4.69) is 20.6 Å². The highest BCUT2D eigenvalue weighted by Gasteiger charge is 2.03. The van der Waals surface area contributed by atoms with Crippen LogP contribution in [0.4, 0.5) is 9.59 Å². The molecule has 0 spiro atoms. The van der Waals surface area contributed by atoms with Crippen molar-refractivity contribution in [3.8, 4) is 0 Å². The number of amides is 2. The van der Waals surface area contributed by atoms with E-state index in [1.807, 2.05) is 0 Å². The first-order chi connectivity index (χ1) is 20.0. The summed E-state index contributed by atoms with van der Waals surface area (Å²) in [6.07, 6.45) is 0. The summed E-state index contributed by atoms with van der Waals surface area (Å²) in [6.45, 7) is 0. The Bertz CT molecular complexity index is 773. The minimum Gasteiger partial charge on any atom is -0.386 e. The summed E-state index contributed by atoms with van der Waals surface area (Å²) in [7, 11) is -2.25. The molecule has 0 aliphatic carbocycles. The normalized spacial score (nSPS) is 13.1. The molecule has 0 fully saturated rings. The van der Waals surface area contributed by atoms with E-state index in [9.17, 15) is 18.0 Å². The summed E-state index contributed by atoms with van der Waals surface area (Å²) in [5.74, 6) is 2.05. The van der Waals surface area contributed by atoms with Gasteiger partial charge in [-0.15, -0.1) is 106 Å². The van der Waals surface area contributed by atoms with Gasteiger partial charge < -0.3 is 20.8 Å². The molecule has 0 aromatic rings. The van der Waals surface area contributed by atoms with Crippen molar-refractivity contribution in [2.24, 2.45) is 9.98 Å². The van der Waals surface area contributed by atoms with Gasteiger partial charge in [-0.1, -0.05) is 23.5 Å². The van der Waals surface area contributed by atoms with Crippen molar-refractivity contribution in [3.63, 3.8) is 0 Å². The zero-order valence-electron chi connectivity index (χ0n) is 21.8. The summed E-state index contributed by atoms with van der Waals surface area (Å²) in [6, 6.07) is 0. The van der Waals surface area contributed by atoms with Crippen molar-refractivity contribution in [2.75, 3.05) is 76.1 Å². The molecule has 23 heteroatoms. The highest BCUT2D eigenvalue weighted by atomic mass is 32.3.